The standard InChI is InChI=1S/C32H42N4O3.C6H11NO3/c1-21(2)31-35-28(20-39-31)26-16-17-33-30(18-26)36(32(37)25-8-6-5-7-9-25)19-23-10-12-24(13-11-23)27-14-15-29(38-4)22(3)34-27;1-9-5-3-7(4-5)6(8)10-2/h14-18,20-21,23-25H,5-13,19H2,1-4H3;5H,3-4H2,1-2H3. The summed E-state index contributed by atoms with van der Waals surface area (Å²) in [5.74, 6) is 3.73. The zero-order chi connectivity index (χ0) is 34.9. The van der Waals surface area contributed by atoms with Crippen molar-refractivity contribution in [3.05, 3.63) is 54.0 Å². The lowest BCUT2D eigenvalue weighted by atomic mass is 9.79. The monoisotopic (exact) mass is 675 g/mol. The molecule has 0 radical (unpaired) electrons. The SMILES string of the molecule is COC(=O)N1CC(OC)C1.COc1ccc(C2CCC(CN(C(=O)C3CCCCC3)c3cc(-c4coc(C(C)C)n4)ccn3)CC2)nc1C. The minimum absolute atomic E-state index is 0.0895. The maximum atomic E-state index is 13.9. The molecule has 0 N–H and O–H groups in total. The van der Waals surface area contributed by atoms with E-state index in [1.165, 1.54) is 13.5 Å². The molecule has 1 aliphatic heterocycles. The van der Waals surface area contributed by atoms with Gasteiger partial charge in [-0.25, -0.2) is 14.8 Å². The van der Waals surface area contributed by atoms with Gasteiger partial charge in [0.15, 0.2) is 5.89 Å². The van der Waals surface area contributed by atoms with Gasteiger partial charge < -0.3 is 23.5 Å². The number of oxazole rings is 1. The van der Waals surface area contributed by atoms with E-state index in [-0.39, 0.29) is 29.9 Å². The van der Waals surface area contributed by atoms with Crippen LogP contribution in [0.4, 0.5) is 10.6 Å². The first-order valence-corrected chi connectivity index (χ1v) is 17.8. The van der Waals surface area contributed by atoms with Crippen molar-refractivity contribution in [3.8, 4) is 17.0 Å². The summed E-state index contributed by atoms with van der Waals surface area (Å²) in [5, 5.41) is 0. The Kier molecular flexibility index (Phi) is 12.7. The summed E-state index contributed by atoms with van der Waals surface area (Å²) in [6.07, 6.45) is 13.2. The normalized spacial score (nSPS) is 19.9. The van der Waals surface area contributed by atoms with Crippen molar-refractivity contribution in [1.29, 1.82) is 0 Å². The van der Waals surface area contributed by atoms with Crippen LogP contribution in [0.25, 0.3) is 11.3 Å². The molecule has 0 unspecified atom stereocenters. The van der Waals surface area contributed by atoms with Crippen LogP contribution in [0.15, 0.2) is 41.1 Å². The summed E-state index contributed by atoms with van der Waals surface area (Å²) in [6, 6.07) is 8.11. The maximum absolute atomic E-state index is 13.9. The zero-order valence-electron chi connectivity index (χ0n) is 30.0. The van der Waals surface area contributed by atoms with E-state index in [0.29, 0.717) is 31.5 Å². The molecule has 3 fully saturated rings. The zero-order valence-corrected chi connectivity index (χ0v) is 30.0. The molecule has 0 aromatic carbocycles. The van der Waals surface area contributed by atoms with E-state index in [9.17, 15) is 9.59 Å². The van der Waals surface area contributed by atoms with Crippen molar-refractivity contribution in [2.75, 3.05) is 45.9 Å². The van der Waals surface area contributed by atoms with Crippen LogP contribution in [0.2, 0.25) is 0 Å². The minimum Gasteiger partial charge on any atom is -0.495 e. The molecule has 11 nitrogen and oxygen atoms in total. The summed E-state index contributed by atoms with van der Waals surface area (Å²) in [7, 11) is 4.70. The lowest BCUT2D eigenvalue weighted by molar-refractivity contribution is -0.123. The van der Waals surface area contributed by atoms with E-state index in [1.54, 1.807) is 31.6 Å². The smallest absolute Gasteiger partial charge is 0.409 e. The highest BCUT2D eigenvalue weighted by atomic mass is 16.5. The van der Waals surface area contributed by atoms with Crippen molar-refractivity contribution in [3.63, 3.8) is 0 Å². The molecule has 266 valence electrons. The predicted molar refractivity (Wildman–Crippen MR) is 188 cm³/mol. The van der Waals surface area contributed by atoms with Crippen LogP contribution in [-0.2, 0) is 14.3 Å². The average molecular weight is 676 g/mol. The van der Waals surface area contributed by atoms with Gasteiger partial charge >= 0.3 is 6.09 Å². The van der Waals surface area contributed by atoms with Gasteiger partial charge in [0, 0.05) is 48.9 Å². The van der Waals surface area contributed by atoms with Crippen LogP contribution in [0, 0.1) is 18.8 Å². The average Bonchev–Trinajstić information content (AvgIpc) is 3.62. The number of ether oxygens (including phenoxy) is 3. The molecule has 6 rings (SSSR count). The highest BCUT2D eigenvalue weighted by Gasteiger charge is 2.32. The molecule has 4 heterocycles. The Balaban J connectivity index is 0.000000402. The number of pyridine rings is 2. The molecule has 2 aliphatic carbocycles. The number of carbonyl (C=O) groups is 2. The van der Waals surface area contributed by atoms with Gasteiger partial charge in [-0.15, -0.1) is 0 Å². The first kappa shape index (κ1) is 36.3. The third-order valence-corrected chi connectivity index (χ3v) is 10.2. The number of hydrogen-bond acceptors (Lipinski definition) is 9. The van der Waals surface area contributed by atoms with E-state index < -0.39 is 0 Å². The molecule has 3 aromatic rings. The first-order chi connectivity index (χ1) is 23.7. The second kappa shape index (κ2) is 17.1. The number of aromatic nitrogens is 3. The molecule has 2 amide bonds. The second-order valence-corrected chi connectivity index (χ2v) is 13.9. The summed E-state index contributed by atoms with van der Waals surface area (Å²) in [6.45, 7) is 8.17. The number of amides is 2. The van der Waals surface area contributed by atoms with Crippen LogP contribution in [0.3, 0.4) is 0 Å². The molecular weight excluding hydrogens is 622 g/mol. The highest BCUT2D eigenvalue weighted by Crippen LogP contribution is 2.38. The lowest BCUT2D eigenvalue weighted by Crippen LogP contribution is -2.54. The van der Waals surface area contributed by atoms with Gasteiger partial charge in [-0.2, -0.15) is 0 Å². The number of carbonyl (C=O) groups excluding carboxylic acids is 2. The molecule has 0 atom stereocenters. The first-order valence-electron chi connectivity index (χ1n) is 17.8. The Hall–Kier alpha value is -3.99. The minimum atomic E-state index is -0.270. The Morgan fingerprint density at radius 1 is 0.980 bits per heavy atom. The third kappa shape index (κ3) is 9.17. The van der Waals surface area contributed by atoms with E-state index in [2.05, 4.69) is 29.6 Å². The summed E-state index contributed by atoms with van der Waals surface area (Å²) >= 11 is 0. The van der Waals surface area contributed by atoms with Crippen molar-refractivity contribution < 1.29 is 28.2 Å². The fourth-order valence-corrected chi connectivity index (χ4v) is 7.05. The van der Waals surface area contributed by atoms with E-state index in [4.69, 9.17) is 23.9 Å². The van der Waals surface area contributed by atoms with Gasteiger partial charge in [-0.1, -0.05) is 33.1 Å². The van der Waals surface area contributed by atoms with E-state index in [1.807, 2.05) is 30.0 Å². The molecule has 0 spiro atoms. The molecule has 11 heteroatoms. The largest absolute Gasteiger partial charge is 0.495 e. The number of likely N-dealkylation sites (tertiary alicyclic amines) is 1. The fraction of sp³-hybridized carbons (Fsp3) is 0.605. The number of anilines is 1. The van der Waals surface area contributed by atoms with Crippen LogP contribution >= 0.6 is 0 Å². The topological polar surface area (TPSA) is 120 Å². The van der Waals surface area contributed by atoms with Gasteiger partial charge in [0.05, 0.1) is 39.1 Å². The van der Waals surface area contributed by atoms with Gasteiger partial charge in [0.2, 0.25) is 5.91 Å². The molecule has 3 aromatic heterocycles. The molecular formula is C38H53N5O6. The maximum Gasteiger partial charge on any atom is 0.409 e. The van der Waals surface area contributed by atoms with Gasteiger partial charge in [0.25, 0.3) is 0 Å². The van der Waals surface area contributed by atoms with Crippen LogP contribution in [-0.4, -0.2) is 78.9 Å². The van der Waals surface area contributed by atoms with Crippen LogP contribution < -0.4 is 9.64 Å². The number of nitrogens with zero attached hydrogens (tertiary/aromatic N) is 5. The van der Waals surface area contributed by atoms with Crippen LogP contribution in [0.1, 0.15) is 101 Å². The third-order valence-electron chi connectivity index (χ3n) is 10.2. The van der Waals surface area contributed by atoms with Gasteiger partial charge in [-0.3, -0.25) is 14.7 Å². The van der Waals surface area contributed by atoms with Crippen molar-refractivity contribution in [2.45, 2.75) is 96.5 Å². The highest BCUT2D eigenvalue weighted by molar-refractivity contribution is 5.94. The van der Waals surface area contributed by atoms with Gasteiger partial charge in [0.1, 0.15) is 23.5 Å². The Morgan fingerprint density at radius 3 is 2.33 bits per heavy atom. The predicted octanol–water partition coefficient (Wildman–Crippen LogP) is 7.54. The van der Waals surface area contributed by atoms with Crippen molar-refractivity contribution in [2.24, 2.45) is 11.8 Å². The molecule has 0 bridgehead atoms. The second-order valence-electron chi connectivity index (χ2n) is 13.9. The van der Waals surface area contributed by atoms with Crippen molar-refractivity contribution >= 4 is 17.8 Å². The Morgan fingerprint density at radius 2 is 1.71 bits per heavy atom. The van der Waals surface area contributed by atoms with Crippen molar-refractivity contribution in [1.82, 2.24) is 19.9 Å². The summed E-state index contributed by atoms with van der Waals surface area (Å²) in [5.41, 5.74) is 3.82. The molecule has 2 saturated carbocycles. The lowest BCUT2D eigenvalue weighted by Gasteiger charge is -2.36. The summed E-state index contributed by atoms with van der Waals surface area (Å²) < 4.78 is 20.5. The van der Waals surface area contributed by atoms with Crippen LogP contribution in [0.5, 0.6) is 5.75 Å². The molecule has 1 saturated heterocycles. The Labute approximate surface area is 290 Å². The fourth-order valence-electron chi connectivity index (χ4n) is 7.05. The van der Waals surface area contributed by atoms with E-state index >= 15 is 0 Å². The quantitative estimate of drug-likeness (QED) is 0.226. The number of rotatable bonds is 9. The molecule has 49 heavy (non-hydrogen) atoms. The number of hydrogen-bond donors (Lipinski definition) is 0. The van der Waals surface area contributed by atoms with Gasteiger partial charge in [-0.05, 0) is 75.6 Å². The number of aryl methyl sites for hydroxylation is 1. The number of methoxy groups -OCH3 is 3. The molecule has 3 aliphatic rings. The Bertz CT molecular complexity index is 1520. The summed E-state index contributed by atoms with van der Waals surface area (Å²) in [4.78, 5) is 42.4. The van der Waals surface area contributed by atoms with E-state index in [0.717, 1.165) is 91.5 Å².